The number of anilines is 1. The van der Waals surface area contributed by atoms with Crippen LogP contribution in [0.5, 0.6) is 0 Å². The molecule has 184 valence electrons. The highest BCUT2D eigenvalue weighted by molar-refractivity contribution is 14.0. The third-order valence-corrected chi connectivity index (χ3v) is 6.03. The van der Waals surface area contributed by atoms with Crippen molar-refractivity contribution in [3.05, 3.63) is 47.3 Å². The summed E-state index contributed by atoms with van der Waals surface area (Å²) >= 11 is 0. The van der Waals surface area contributed by atoms with E-state index in [1.807, 2.05) is 0 Å². The summed E-state index contributed by atoms with van der Waals surface area (Å²) in [7, 11) is 0. The molecular weight excluding hydrogens is 527 g/mol. The number of guanidine groups is 1. The zero-order valence-electron chi connectivity index (χ0n) is 20.5. The van der Waals surface area contributed by atoms with E-state index in [4.69, 9.17) is 9.52 Å². The van der Waals surface area contributed by atoms with Crippen molar-refractivity contribution < 1.29 is 4.52 Å². The Hall–Kier alpha value is -1.81. The van der Waals surface area contributed by atoms with Gasteiger partial charge in [-0.2, -0.15) is 0 Å². The van der Waals surface area contributed by atoms with Crippen LogP contribution in [0.4, 0.5) is 5.69 Å². The zero-order chi connectivity index (χ0) is 22.6. The molecule has 0 amide bonds. The molecule has 0 radical (unpaired) electrons. The van der Waals surface area contributed by atoms with Crippen LogP contribution in [-0.2, 0) is 19.4 Å². The van der Waals surface area contributed by atoms with Gasteiger partial charge in [-0.25, -0.2) is 4.99 Å². The van der Waals surface area contributed by atoms with Gasteiger partial charge in [-0.1, -0.05) is 37.2 Å². The van der Waals surface area contributed by atoms with E-state index in [-0.39, 0.29) is 24.0 Å². The molecule has 0 aliphatic carbocycles. The highest BCUT2D eigenvalue weighted by Crippen LogP contribution is 2.17. The van der Waals surface area contributed by atoms with Crippen molar-refractivity contribution in [3.8, 4) is 0 Å². The van der Waals surface area contributed by atoms with Crippen molar-refractivity contribution in [1.29, 1.82) is 0 Å². The van der Waals surface area contributed by atoms with Crippen LogP contribution in [0.15, 0.2) is 39.8 Å². The molecule has 0 atom stereocenters. The fourth-order valence-electron chi connectivity index (χ4n) is 4.15. The first-order chi connectivity index (χ1) is 15.7. The van der Waals surface area contributed by atoms with E-state index >= 15 is 0 Å². The summed E-state index contributed by atoms with van der Waals surface area (Å²) in [4.78, 5) is 9.85. The minimum atomic E-state index is 0. The first kappa shape index (κ1) is 27.4. The Morgan fingerprint density at radius 2 is 1.76 bits per heavy atom. The summed E-state index contributed by atoms with van der Waals surface area (Å²) in [5.74, 6) is 1.82. The highest BCUT2D eigenvalue weighted by atomic mass is 127. The fraction of sp³-hybridized carbons (Fsp3) is 0.600. The number of para-hydroxylation sites is 1. The van der Waals surface area contributed by atoms with Gasteiger partial charge in [-0.3, -0.25) is 4.90 Å². The van der Waals surface area contributed by atoms with Crippen molar-refractivity contribution in [2.45, 2.75) is 53.0 Å². The lowest BCUT2D eigenvalue weighted by atomic mass is 10.1. The number of hydrogen-bond acceptors (Lipinski definition) is 5. The quantitative estimate of drug-likeness (QED) is 0.184. The molecule has 1 aromatic carbocycles. The second kappa shape index (κ2) is 15.2. The predicted molar refractivity (Wildman–Crippen MR) is 148 cm³/mol. The summed E-state index contributed by atoms with van der Waals surface area (Å²) < 4.78 is 5.46. The van der Waals surface area contributed by atoms with Gasteiger partial charge < -0.3 is 20.1 Å². The molecule has 1 aliphatic rings. The van der Waals surface area contributed by atoms with Crippen molar-refractivity contribution >= 4 is 35.6 Å². The molecule has 2 N–H and O–H groups in total. The molecule has 0 saturated carbocycles. The van der Waals surface area contributed by atoms with Gasteiger partial charge in [0.2, 0.25) is 0 Å². The van der Waals surface area contributed by atoms with Gasteiger partial charge in [0.25, 0.3) is 0 Å². The van der Waals surface area contributed by atoms with E-state index < -0.39 is 0 Å². The minimum absolute atomic E-state index is 0. The van der Waals surface area contributed by atoms with Crippen LogP contribution in [0.25, 0.3) is 0 Å². The number of aliphatic imine (C=N–C) groups is 1. The molecule has 3 rings (SSSR count). The van der Waals surface area contributed by atoms with E-state index in [0.29, 0.717) is 6.54 Å². The molecular formula is C25H41IN6O. The number of unbranched alkanes of at least 4 members (excludes halogenated alkanes) is 1. The van der Waals surface area contributed by atoms with E-state index in [2.05, 4.69) is 76.7 Å². The van der Waals surface area contributed by atoms with Crippen LogP contribution in [0, 0.1) is 0 Å². The molecule has 1 aliphatic heterocycles. The van der Waals surface area contributed by atoms with Crippen LogP contribution in [0.1, 0.15) is 50.6 Å². The molecule has 7 nitrogen and oxygen atoms in total. The Labute approximate surface area is 216 Å². The first-order valence-corrected chi connectivity index (χ1v) is 12.3. The summed E-state index contributed by atoms with van der Waals surface area (Å²) in [6, 6.07) is 10.7. The maximum atomic E-state index is 5.46. The fourth-order valence-corrected chi connectivity index (χ4v) is 4.15. The number of aryl methyl sites for hydroxylation is 2. The number of benzene rings is 1. The minimum Gasteiger partial charge on any atom is -0.369 e. The monoisotopic (exact) mass is 568 g/mol. The van der Waals surface area contributed by atoms with Gasteiger partial charge in [0.05, 0.1) is 12.2 Å². The Bertz CT molecular complexity index is 796. The van der Waals surface area contributed by atoms with E-state index in [9.17, 15) is 0 Å². The van der Waals surface area contributed by atoms with Crippen molar-refractivity contribution in [1.82, 2.24) is 20.7 Å². The van der Waals surface area contributed by atoms with Crippen molar-refractivity contribution in [2.75, 3.05) is 50.7 Å². The predicted octanol–water partition coefficient (Wildman–Crippen LogP) is 4.07. The van der Waals surface area contributed by atoms with Crippen molar-refractivity contribution in [3.63, 3.8) is 0 Å². The second-order valence-electron chi connectivity index (χ2n) is 8.23. The summed E-state index contributed by atoms with van der Waals surface area (Å²) in [6.45, 7) is 14.4. The SMILES string of the molecule is CCNC(=NCc1c(CC)noc1CC)NCCCCN1CCN(c2ccccc2)CC1.I. The van der Waals surface area contributed by atoms with Crippen LogP contribution in [0.3, 0.4) is 0 Å². The standard InChI is InChI=1S/C25H40N6O.HI/c1-4-23-22(24(5-2)32-29-23)20-28-25(26-6-3)27-14-10-11-15-30-16-18-31(19-17-30)21-12-8-7-9-13-21;/h7-9,12-13H,4-6,10-11,14-20H2,1-3H3,(H2,26,27,28);1H. The molecule has 0 spiro atoms. The largest absolute Gasteiger partial charge is 0.369 e. The maximum Gasteiger partial charge on any atom is 0.191 e. The lowest BCUT2D eigenvalue weighted by Crippen LogP contribution is -2.46. The highest BCUT2D eigenvalue weighted by Gasteiger charge is 2.16. The molecule has 1 fully saturated rings. The zero-order valence-corrected chi connectivity index (χ0v) is 22.8. The van der Waals surface area contributed by atoms with Gasteiger partial charge in [0.15, 0.2) is 5.96 Å². The van der Waals surface area contributed by atoms with E-state index in [1.165, 1.54) is 18.7 Å². The smallest absolute Gasteiger partial charge is 0.191 e. The van der Waals surface area contributed by atoms with Crippen molar-refractivity contribution in [2.24, 2.45) is 4.99 Å². The van der Waals surface area contributed by atoms with Gasteiger partial charge in [0, 0.05) is 56.9 Å². The number of piperazine rings is 1. The van der Waals surface area contributed by atoms with Crippen LogP contribution in [0.2, 0.25) is 0 Å². The lowest BCUT2D eigenvalue weighted by molar-refractivity contribution is 0.253. The van der Waals surface area contributed by atoms with Gasteiger partial charge in [-0.15, -0.1) is 24.0 Å². The van der Waals surface area contributed by atoms with Crippen LogP contribution in [-0.4, -0.2) is 61.8 Å². The normalized spacial score (nSPS) is 14.8. The molecule has 2 heterocycles. The average Bonchev–Trinajstić information content (AvgIpc) is 3.25. The summed E-state index contributed by atoms with van der Waals surface area (Å²) in [6.07, 6.45) is 4.06. The van der Waals surface area contributed by atoms with Gasteiger partial charge >= 0.3 is 0 Å². The second-order valence-corrected chi connectivity index (χ2v) is 8.23. The number of nitrogens with one attached hydrogen (secondary N) is 2. The van der Waals surface area contributed by atoms with Crippen LogP contribution >= 0.6 is 24.0 Å². The Morgan fingerprint density at radius 3 is 2.42 bits per heavy atom. The molecule has 2 aromatic rings. The first-order valence-electron chi connectivity index (χ1n) is 12.3. The molecule has 1 aromatic heterocycles. The van der Waals surface area contributed by atoms with Gasteiger partial charge in [0.1, 0.15) is 5.76 Å². The Balaban J connectivity index is 0.00000385. The maximum absolute atomic E-state index is 5.46. The Morgan fingerprint density at radius 1 is 1.00 bits per heavy atom. The molecule has 8 heteroatoms. The van der Waals surface area contributed by atoms with E-state index in [0.717, 1.165) is 81.5 Å². The number of hydrogen-bond donors (Lipinski definition) is 2. The molecule has 0 unspecified atom stereocenters. The lowest BCUT2D eigenvalue weighted by Gasteiger charge is -2.36. The molecule has 0 bridgehead atoms. The topological polar surface area (TPSA) is 68.9 Å². The van der Waals surface area contributed by atoms with E-state index in [1.54, 1.807) is 0 Å². The number of nitrogens with zero attached hydrogens (tertiary/aromatic N) is 4. The van der Waals surface area contributed by atoms with Gasteiger partial charge in [-0.05, 0) is 44.9 Å². The molecule has 1 saturated heterocycles. The summed E-state index contributed by atoms with van der Waals surface area (Å²) in [5.41, 5.74) is 3.51. The number of rotatable bonds is 11. The Kier molecular flexibility index (Phi) is 12.6. The third kappa shape index (κ3) is 8.48. The summed E-state index contributed by atoms with van der Waals surface area (Å²) in [5, 5.41) is 11.0. The third-order valence-electron chi connectivity index (χ3n) is 6.03. The molecule has 33 heavy (non-hydrogen) atoms. The number of halogens is 1. The number of aromatic nitrogens is 1. The van der Waals surface area contributed by atoms with Crippen LogP contribution < -0.4 is 15.5 Å². The average molecular weight is 569 g/mol.